The van der Waals surface area contributed by atoms with Crippen molar-refractivity contribution in [1.29, 1.82) is 5.26 Å². The van der Waals surface area contributed by atoms with Crippen LogP contribution in [0.25, 0.3) is 0 Å². The molecule has 1 amide bonds. The van der Waals surface area contributed by atoms with Crippen LogP contribution in [0.2, 0.25) is 0 Å². The van der Waals surface area contributed by atoms with Gasteiger partial charge >= 0.3 is 0 Å². The Morgan fingerprint density at radius 2 is 2.13 bits per heavy atom. The van der Waals surface area contributed by atoms with E-state index < -0.39 is 0 Å². The molecule has 0 bridgehead atoms. The molecule has 122 valence electrons. The number of hydrogen-bond acceptors (Lipinski definition) is 4. The fourth-order valence-corrected chi connectivity index (χ4v) is 3.50. The van der Waals surface area contributed by atoms with Gasteiger partial charge in [-0.05, 0) is 49.9 Å². The maximum atomic E-state index is 12.5. The van der Waals surface area contributed by atoms with E-state index in [0.29, 0.717) is 13.2 Å². The first-order valence-corrected chi connectivity index (χ1v) is 8.81. The second-order valence-corrected chi connectivity index (χ2v) is 6.99. The molecule has 0 saturated carbocycles. The Bertz CT molecular complexity index is 599. The van der Waals surface area contributed by atoms with Crippen LogP contribution < -0.4 is 10.1 Å². The van der Waals surface area contributed by atoms with Crippen LogP contribution >= 0.6 is 15.9 Å². The van der Waals surface area contributed by atoms with Crippen molar-refractivity contribution in [2.75, 3.05) is 13.2 Å². The van der Waals surface area contributed by atoms with E-state index in [1.807, 2.05) is 24.3 Å². The number of rotatable bonds is 4. The van der Waals surface area contributed by atoms with Crippen molar-refractivity contribution in [2.24, 2.45) is 0 Å². The highest BCUT2D eigenvalue weighted by atomic mass is 79.9. The lowest BCUT2D eigenvalue weighted by atomic mass is 10.1. The molecule has 0 spiro atoms. The predicted molar refractivity (Wildman–Crippen MR) is 89.9 cm³/mol. The molecule has 0 aromatic heterocycles. The molecule has 1 aromatic carbocycles. The molecular weight excluding hydrogens is 358 g/mol. The van der Waals surface area contributed by atoms with Crippen LogP contribution in [-0.4, -0.2) is 42.1 Å². The first-order valence-electron chi connectivity index (χ1n) is 8.02. The van der Waals surface area contributed by atoms with Crippen LogP contribution in [0, 0.1) is 11.3 Å². The van der Waals surface area contributed by atoms with Gasteiger partial charge in [-0.3, -0.25) is 10.1 Å². The van der Waals surface area contributed by atoms with E-state index in [2.05, 4.69) is 27.3 Å². The summed E-state index contributed by atoms with van der Waals surface area (Å²) in [6, 6.07) is 9.71. The topological polar surface area (TPSA) is 65.4 Å². The van der Waals surface area contributed by atoms with E-state index in [0.717, 1.165) is 35.9 Å². The average molecular weight is 378 g/mol. The lowest BCUT2D eigenvalue weighted by Crippen LogP contribution is -2.47. The van der Waals surface area contributed by atoms with Gasteiger partial charge in [-0.2, -0.15) is 5.26 Å². The lowest BCUT2D eigenvalue weighted by molar-refractivity contribution is -0.133. The molecular formula is C17H20BrN3O2. The third-order valence-corrected chi connectivity index (χ3v) is 5.02. The molecule has 3 rings (SSSR count). The Labute approximate surface area is 144 Å². The highest BCUT2D eigenvalue weighted by molar-refractivity contribution is 9.10. The smallest absolute Gasteiger partial charge is 0.240 e. The summed E-state index contributed by atoms with van der Waals surface area (Å²) in [6.07, 6.45) is 3.44. The lowest BCUT2D eigenvalue weighted by Gasteiger charge is -2.23. The van der Waals surface area contributed by atoms with Gasteiger partial charge in [-0.15, -0.1) is 0 Å². The van der Waals surface area contributed by atoms with E-state index in [9.17, 15) is 4.79 Å². The average Bonchev–Trinajstić information content (AvgIpc) is 3.23. The zero-order valence-electron chi connectivity index (χ0n) is 12.9. The highest BCUT2D eigenvalue weighted by Gasteiger charge is 2.36. The Morgan fingerprint density at radius 1 is 1.35 bits per heavy atom. The van der Waals surface area contributed by atoms with Crippen molar-refractivity contribution in [3.8, 4) is 11.8 Å². The van der Waals surface area contributed by atoms with Gasteiger partial charge in [0.05, 0.1) is 12.1 Å². The summed E-state index contributed by atoms with van der Waals surface area (Å²) >= 11 is 3.40. The van der Waals surface area contributed by atoms with Crippen LogP contribution in [0.15, 0.2) is 28.7 Å². The van der Waals surface area contributed by atoms with Gasteiger partial charge in [-0.1, -0.05) is 15.9 Å². The predicted octanol–water partition coefficient (Wildman–Crippen LogP) is 2.46. The summed E-state index contributed by atoms with van der Waals surface area (Å²) in [5.41, 5.74) is 0. The van der Waals surface area contributed by atoms with E-state index in [-0.39, 0.29) is 24.0 Å². The summed E-state index contributed by atoms with van der Waals surface area (Å²) in [5.74, 6) is 0.897. The number of nitrogens with zero attached hydrogens (tertiary/aromatic N) is 2. The summed E-state index contributed by atoms with van der Waals surface area (Å²) < 4.78 is 6.80. The zero-order valence-corrected chi connectivity index (χ0v) is 14.5. The number of carbonyl (C=O) groups is 1. The number of hydrogen-bond donors (Lipinski definition) is 1. The van der Waals surface area contributed by atoms with E-state index in [4.69, 9.17) is 10.00 Å². The molecule has 0 unspecified atom stereocenters. The number of amides is 1. The minimum absolute atomic E-state index is 0.0696. The summed E-state index contributed by atoms with van der Waals surface area (Å²) in [7, 11) is 0. The van der Waals surface area contributed by atoms with E-state index in [1.165, 1.54) is 0 Å². The number of carbonyl (C=O) groups excluding carboxylic acids is 1. The summed E-state index contributed by atoms with van der Waals surface area (Å²) in [4.78, 5) is 14.3. The third-order valence-electron chi connectivity index (χ3n) is 4.49. The molecule has 2 heterocycles. The fourth-order valence-electron chi connectivity index (χ4n) is 3.24. The first-order chi connectivity index (χ1) is 11.2. The van der Waals surface area contributed by atoms with Gasteiger partial charge in [0, 0.05) is 17.1 Å². The van der Waals surface area contributed by atoms with Gasteiger partial charge in [0.15, 0.2) is 0 Å². The quantitative estimate of drug-likeness (QED) is 0.874. The van der Waals surface area contributed by atoms with Gasteiger partial charge in [-0.25, -0.2) is 0 Å². The molecule has 2 aliphatic rings. The largest absolute Gasteiger partial charge is 0.492 e. The number of nitriles is 1. The van der Waals surface area contributed by atoms with Crippen LogP contribution in [0.4, 0.5) is 0 Å². The molecule has 6 heteroatoms. The van der Waals surface area contributed by atoms with Gasteiger partial charge < -0.3 is 9.64 Å². The molecule has 1 N–H and O–H groups in total. The fraction of sp³-hybridized carbons (Fsp3) is 0.529. The Kier molecular flexibility index (Phi) is 5.19. The number of likely N-dealkylation sites (tertiary alicyclic amines) is 1. The number of benzene rings is 1. The standard InChI is InChI=1S/C17H20BrN3O2/c18-12-3-6-15(7-4-12)23-11-13-5-8-16(20-13)17(22)21-9-1-2-14(21)10-19/h3-4,6-7,13-14,16,20H,1-2,5,8-9,11H2/t13-,14-,16-/m0/s1. The molecule has 2 fully saturated rings. The van der Waals surface area contributed by atoms with E-state index >= 15 is 0 Å². The van der Waals surface area contributed by atoms with Crippen LogP contribution in [0.1, 0.15) is 25.7 Å². The number of halogens is 1. The molecule has 2 aliphatic heterocycles. The van der Waals surface area contributed by atoms with Crippen LogP contribution in [0.3, 0.4) is 0 Å². The van der Waals surface area contributed by atoms with Crippen molar-refractivity contribution in [3.63, 3.8) is 0 Å². The minimum atomic E-state index is -0.248. The van der Waals surface area contributed by atoms with Gasteiger partial charge in [0.25, 0.3) is 0 Å². The Balaban J connectivity index is 1.49. The van der Waals surface area contributed by atoms with Crippen molar-refractivity contribution < 1.29 is 9.53 Å². The minimum Gasteiger partial charge on any atom is -0.492 e. The Hall–Kier alpha value is -1.58. The molecule has 5 nitrogen and oxygen atoms in total. The molecule has 23 heavy (non-hydrogen) atoms. The molecule has 1 aromatic rings. The summed E-state index contributed by atoms with van der Waals surface area (Å²) in [6.45, 7) is 1.25. The SMILES string of the molecule is N#C[C@@H]1CCCN1C(=O)[C@@H]1CC[C@@H](COc2ccc(Br)cc2)N1. The van der Waals surface area contributed by atoms with Crippen LogP contribution in [-0.2, 0) is 4.79 Å². The van der Waals surface area contributed by atoms with Crippen molar-refractivity contribution in [3.05, 3.63) is 28.7 Å². The maximum Gasteiger partial charge on any atom is 0.240 e. The first kappa shape index (κ1) is 16.3. The monoisotopic (exact) mass is 377 g/mol. The Morgan fingerprint density at radius 3 is 2.87 bits per heavy atom. The highest BCUT2D eigenvalue weighted by Crippen LogP contribution is 2.22. The zero-order chi connectivity index (χ0) is 16.2. The maximum absolute atomic E-state index is 12.5. The van der Waals surface area contributed by atoms with Gasteiger partial charge in [0.2, 0.25) is 5.91 Å². The number of ether oxygens (including phenoxy) is 1. The van der Waals surface area contributed by atoms with Crippen molar-refractivity contribution in [2.45, 2.75) is 43.8 Å². The van der Waals surface area contributed by atoms with E-state index in [1.54, 1.807) is 4.90 Å². The third kappa shape index (κ3) is 3.85. The molecule has 2 saturated heterocycles. The van der Waals surface area contributed by atoms with Crippen LogP contribution in [0.5, 0.6) is 5.75 Å². The second-order valence-electron chi connectivity index (χ2n) is 6.08. The molecule has 0 aliphatic carbocycles. The number of nitrogens with one attached hydrogen (secondary N) is 1. The molecule has 3 atom stereocenters. The summed E-state index contributed by atoms with van der Waals surface area (Å²) in [5, 5.41) is 12.5. The normalized spacial score (nSPS) is 27.0. The second kappa shape index (κ2) is 7.33. The van der Waals surface area contributed by atoms with Gasteiger partial charge in [0.1, 0.15) is 18.4 Å². The molecule has 0 radical (unpaired) electrons. The van der Waals surface area contributed by atoms with Crippen molar-refractivity contribution in [1.82, 2.24) is 10.2 Å². The van der Waals surface area contributed by atoms with Crippen molar-refractivity contribution >= 4 is 21.8 Å².